The third kappa shape index (κ3) is 3.76. The molecule has 0 spiro atoms. The molecule has 4 aromatic rings. The van der Waals surface area contributed by atoms with E-state index in [1.165, 1.54) is 12.1 Å². The average molecular weight is 368 g/mol. The molecule has 0 aliphatic rings. The van der Waals surface area contributed by atoms with E-state index in [9.17, 15) is 4.39 Å². The first-order valence-electron chi connectivity index (χ1n) is 8.31. The van der Waals surface area contributed by atoms with Gasteiger partial charge in [-0.3, -0.25) is 0 Å². The van der Waals surface area contributed by atoms with E-state index >= 15 is 0 Å². The minimum absolute atomic E-state index is 0.218. The summed E-state index contributed by atoms with van der Waals surface area (Å²) in [4.78, 5) is 0. The van der Waals surface area contributed by atoms with Crippen molar-refractivity contribution < 1.29 is 13.7 Å². The Morgan fingerprint density at radius 3 is 2.96 bits per heavy atom. The van der Waals surface area contributed by atoms with Gasteiger partial charge in [-0.1, -0.05) is 29.4 Å². The maximum Gasteiger partial charge on any atom is 0.178 e. The van der Waals surface area contributed by atoms with Gasteiger partial charge in [0, 0.05) is 18.7 Å². The number of ether oxygens (including phenoxy) is 1. The first-order chi connectivity index (χ1) is 12.8. The molecule has 0 bridgehead atoms. The van der Waals surface area contributed by atoms with E-state index in [-0.39, 0.29) is 5.82 Å². The first-order valence-corrected chi connectivity index (χ1v) is 9.19. The second kappa shape index (κ2) is 7.68. The number of nitrogens with zero attached hydrogens (tertiary/aromatic N) is 1. The third-order valence-electron chi connectivity index (χ3n) is 3.95. The van der Waals surface area contributed by atoms with E-state index in [1.54, 1.807) is 17.4 Å². The lowest BCUT2D eigenvalue weighted by molar-refractivity contribution is 0.313. The van der Waals surface area contributed by atoms with Crippen LogP contribution in [0.1, 0.15) is 5.56 Å². The molecule has 0 radical (unpaired) electrons. The van der Waals surface area contributed by atoms with E-state index in [0.29, 0.717) is 19.7 Å². The van der Waals surface area contributed by atoms with Gasteiger partial charge in [-0.25, -0.2) is 4.39 Å². The van der Waals surface area contributed by atoms with Crippen LogP contribution in [0.5, 0.6) is 5.75 Å². The van der Waals surface area contributed by atoms with Gasteiger partial charge in [0.25, 0.3) is 0 Å². The molecule has 0 amide bonds. The number of nitrogens with one attached hydrogen (secondary N) is 1. The third-order valence-corrected chi connectivity index (χ3v) is 4.86. The van der Waals surface area contributed by atoms with Crippen molar-refractivity contribution in [3.8, 4) is 17.0 Å². The second-order valence-corrected chi connectivity index (χ2v) is 6.74. The Labute approximate surface area is 154 Å². The van der Waals surface area contributed by atoms with Gasteiger partial charge < -0.3 is 14.6 Å². The molecule has 2 aromatic carbocycles. The second-order valence-electron chi connectivity index (χ2n) is 5.83. The molecular formula is C20H17FN2O2S. The summed E-state index contributed by atoms with van der Waals surface area (Å²) in [5.41, 5.74) is 3.52. The summed E-state index contributed by atoms with van der Waals surface area (Å²) in [5, 5.41) is 9.39. The zero-order chi connectivity index (χ0) is 17.8. The minimum atomic E-state index is -0.218. The van der Waals surface area contributed by atoms with Gasteiger partial charge in [0.15, 0.2) is 5.58 Å². The van der Waals surface area contributed by atoms with Crippen molar-refractivity contribution in [1.82, 2.24) is 10.5 Å². The quantitative estimate of drug-likeness (QED) is 0.473. The standard InChI is InChI=1S/C20H17FN2O2S/c21-16-5-1-3-14(11-16)13-22-8-9-24-17-6-2-4-15(12-17)19-20-18(25-23-19)7-10-26-20/h1-7,10-12,22H,8-9,13H2. The number of halogens is 1. The van der Waals surface area contributed by atoms with Crippen molar-refractivity contribution in [1.29, 1.82) is 0 Å². The summed E-state index contributed by atoms with van der Waals surface area (Å²) in [7, 11) is 0. The summed E-state index contributed by atoms with van der Waals surface area (Å²) in [5.74, 6) is 0.563. The molecule has 0 saturated heterocycles. The van der Waals surface area contributed by atoms with E-state index in [4.69, 9.17) is 9.26 Å². The minimum Gasteiger partial charge on any atom is -0.492 e. The van der Waals surface area contributed by atoms with Gasteiger partial charge in [-0.05, 0) is 41.3 Å². The van der Waals surface area contributed by atoms with Crippen molar-refractivity contribution in [3.63, 3.8) is 0 Å². The summed E-state index contributed by atoms with van der Waals surface area (Å²) in [6, 6.07) is 16.3. The molecule has 26 heavy (non-hydrogen) atoms. The molecule has 0 aliphatic carbocycles. The zero-order valence-corrected chi connectivity index (χ0v) is 14.8. The van der Waals surface area contributed by atoms with Crippen LogP contribution in [0, 0.1) is 5.82 Å². The molecular weight excluding hydrogens is 351 g/mol. The van der Waals surface area contributed by atoms with Crippen LogP contribution in [0.2, 0.25) is 0 Å². The maximum atomic E-state index is 13.1. The smallest absolute Gasteiger partial charge is 0.178 e. The Kier molecular flexibility index (Phi) is 4.95. The largest absolute Gasteiger partial charge is 0.492 e. The molecule has 0 saturated carbocycles. The number of hydrogen-bond donors (Lipinski definition) is 1. The number of thiophene rings is 1. The molecule has 4 nitrogen and oxygen atoms in total. The Balaban J connectivity index is 1.32. The van der Waals surface area contributed by atoms with Gasteiger partial charge in [-0.15, -0.1) is 11.3 Å². The number of benzene rings is 2. The highest BCUT2D eigenvalue weighted by molar-refractivity contribution is 7.17. The van der Waals surface area contributed by atoms with Crippen LogP contribution in [0.15, 0.2) is 64.5 Å². The lowest BCUT2D eigenvalue weighted by atomic mass is 10.1. The van der Waals surface area contributed by atoms with Gasteiger partial charge in [0.1, 0.15) is 28.6 Å². The fourth-order valence-corrected chi connectivity index (χ4v) is 3.53. The molecule has 0 atom stereocenters. The topological polar surface area (TPSA) is 47.3 Å². The SMILES string of the molecule is Fc1cccc(CNCCOc2cccc(-c3noc4ccsc34)c2)c1. The van der Waals surface area contributed by atoms with Crippen LogP contribution >= 0.6 is 11.3 Å². The van der Waals surface area contributed by atoms with Crippen molar-refractivity contribution in [3.05, 3.63) is 71.4 Å². The number of fused-ring (bicyclic) bond motifs is 1. The number of hydrogen-bond acceptors (Lipinski definition) is 5. The normalized spacial score (nSPS) is 11.1. The molecule has 1 N–H and O–H groups in total. The lowest BCUT2D eigenvalue weighted by Gasteiger charge is -2.08. The monoisotopic (exact) mass is 368 g/mol. The average Bonchev–Trinajstić information content (AvgIpc) is 3.25. The molecule has 6 heteroatoms. The summed E-state index contributed by atoms with van der Waals surface area (Å²) in [6.45, 7) is 1.79. The zero-order valence-electron chi connectivity index (χ0n) is 13.9. The fourth-order valence-electron chi connectivity index (χ4n) is 2.72. The van der Waals surface area contributed by atoms with Crippen LogP contribution in [0.3, 0.4) is 0 Å². The molecule has 0 aliphatic heterocycles. The highest BCUT2D eigenvalue weighted by Gasteiger charge is 2.12. The molecule has 0 unspecified atom stereocenters. The van der Waals surface area contributed by atoms with Crippen LogP contribution in [-0.4, -0.2) is 18.3 Å². The van der Waals surface area contributed by atoms with Crippen molar-refractivity contribution in [2.45, 2.75) is 6.54 Å². The van der Waals surface area contributed by atoms with Gasteiger partial charge in [0.05, 0.1) is 0 Å². The van der Waals surface area contributed by atoms with Crippen LogP contribution in [-0.2, 0) is 6.54 Å². The van der Waals surface area contributed by atoms with Crippen LogP contribution in [0.25, 0.3) is 21.5 Å². The highest BCUT2D eigenvalue weighted by atomic mass is 32.1. The Hall–Kier alpha value is -2.70. The maximum absolute atomic E-state index is 13.1. The molecule has 2 heterocycles. The molecule has 0 fully saturated rings. The van der Waals surface area contributed by atoms with Gasteiger partial charge >= 0.3 is 0 Å². The molecule has 2 aromatic heterocycles. The van der Waals surface area contributed by atoms with Gasteiger partial charge in [0.2, 0.25) is 0 Å². The summed E-state index contributed by atoms with van der Waals surface area (Å²) in [6.07, 6.45) is 0. The van der Waals surface area contributed by atoms with E-state index in [2.05, 4.69) is 10.5 Å². The predicted octanol–water partition coefficient (Wildman–Crippen LogP) is 4.86. The number of rotatable bonds is 7. The van der Waals surface area contributed by atoms with Gasteiger partial charge in [-0.2, -0.15) is 0 Å². The predicted molar refractivity (Wildman–Crippen MR) is 101 cm³/mol. The highest BCUT2D eigenvalue weighted by Crippen LogP contribution is 2.33. The van der Waals surface area contributed by atoms with Crippen LogP contribution in [0.4, 0.5) is 4.39 Å². The van der Waals surface area contributed by atoms with Crippen molar-refractivity contribution in [2.24, 2.45) is 0 Å². The summed E-state index contributed by atoms with van der Waals surface area (Å²) >= 11 is 1.61. The lowest BCUT2D eigenvalue weighted by Crippen LogP contribution is -2.20. The fraction of sp³-hybridized carbons (Fsp3) is 0.150. The Morgan fingerprint density at radius 2 is 2.04 bits per heavy atom. The first kappa shape index (κ1) is 16.8. The van der Waals surface area contributed by atoms with E-state index < -0.39 is 0 Å². The molecule has 4 rings (SSSR count). The van der Waals surface area contributed by atoms with Crippen LogP contribution < -0.4 is 10.1 Å². The number of aromatic nitrogens is 1. The van der Waals surface area contributed by atoms with Crippen molar-refractivity contribution >= 4 is 21.6 Å². The van der Waals surface area contributed by atoms with Crippen molar-refractivity contribution in [2.75, 3.05) is 13.2 Å². The summed E-state index contributed by atoms with van der Waals surface area (Å²) < 4.78 is 25.3. The van der Waals surface area contributed by atoms with E-state index in [1.807, 2.05) is 41.8 Å². The molecule has 132 valence electrons. The Bertz CT molecular complexity index is 1010. The Morgan fingerprint density at radius 1 is 1.12 bits per heavy atom. The van der Waals surface area contributed by atoms with E-state index in [0.717, 1.165) is 32.9 Å².